The Kier molecular flexibility index (Phi) is 3.83. The number of piperazine rings is 1. The summed E-state index contributed by atoms with van der Waals surface area (Å²) in [6.45, 7) is 5.03. The maximum Gasteiger partial charge on any atom is 0.0512 e. The molecular weight excluding hydrogens is 140 g/mol. The molecule has 0 aromatic carbocycles. The van der Waals surface area contributed by atoms with Crippen molar-refractivity contribution in [1.29, 1.82) is 0 Å². The fraction of sp³-hybridized carbons (Fsp3) is 1.00. The summed E-state index contributed by atoms with van der Waals surface area (Å²) in [5, 5.41) is 15.8. The maximum absolute atomic E-state index is 9.03. The van der Waals surface area contributed by atoms with Crippen molar-refractivity contribution in [1.82, 2.24) is 10.6 Å². The van der Waals surface area contributed by atoms with Gasteiger partial charge in [0.1, 0.15) is 0 Å². The van der Waals surface area contributed by atoms with Crippen LogP contribution in [0.3, 0.4) is 0 Å². The standard InChI is InChI=1S/C8H18N2O/c1-7(11)2-3-8-6-9-4-5-10-8/h7-11H,2-6H2,1H3. The highest BCUT2D eigenvalue weighted by Gasteiger charge is 2.11. The summed E-state index contributed by atoms with van der Waals surface area (Å²) in [5.41, 5.74) is 0. The Bertz CT molecular complexity index is 100. The lowest BCUT2D eigenvalue weighted by atomic mass is 10.1. The van der Waals surface area contributed by atoms with Crippen LogP contribution >= 0.6 is 0 Å². The SMILES string of the molecule is CC(O)CCC1CNCCN1. The fourth-order valence-electron chi connectivity index (χ4n) is 1.36. The molecule has 0 saturated carbocycles. The molecule has 2 unspecified atom stereocenters. The van der Waals surface area contributed by atoms with Gasteiger partial charge in [0.15, 0.2) is 0 Å². The van der Waals surface area contributed by atoms with Gasteiger partial charge in [0, 0.05) is 25.7 Å². The molecule has 11 heavy (non-hydrogen) atoms. The number of hydrogen-bond acceptors (Lipinski definition) is 3. The van der Waals surface area contributed by atoms with Gasteiger partial charge in [-0.15, -0.1) is 0 Å². The van der Waals surface area contributed by atoms with Gasteiger partial charge in [-0.3, -0.25) is 0 Å². The third kappa shape index (κ3) is 3.70. The van der Waals surface area contributed by atoms with E-state index < -0.39 is 0 Å². The first-order valence-electron chi connectivity index (χ1n) is 4.41. The van der Waals surface area contributed by atoms with E-state index in [1.807, 2.05) is 6.92 Å². The van der Waals surface area contributed by atoms with Crippen molar-refractivity contribution in [3.05, 3.63) is 0 Å². The van der Waals surface area contributed by atoms with E-state index in [1.54, 1.807) is 0 Å². The summed E-state index contributed by atoms with van der Waals surface area (Å²) in [4.78, 5) is 0. The van der Waals surface area contributed by atoms with Crippen LogP contribution in [0, 0.1) is 0 Å². The number of hydrogen-bond donors (Lipinski definition) is 3. The lowest BCUT2D eigenvalue weighted by Gasteiger charge is -2.24. The molecule has 0 radical (unpaired) electrons. The normalized spacial score (nSPS) is 28.4. The first-order valence-corrected chi connectivity index (χ1v) is 4.41. The molecule has 3 N–H and O–H groups in total. The van der Waals surface area contributed by atoms with Crippen LogP contribution in [-0.4, -0.2) is 36.9 Å². The van der Waals surface area contributed by atoms with E-state index in [4.69, 9.17) is 5.11 Å². The quantitative estimate of drug-likeness (QED) is 0.529. The van der Waals surface area contributed by atoms with Crippen molar-refractivity contribution in [3.8, 4) is 0 Å². The Hall–Kier alpha value is -0.120. The van der Waals surface area contributed by atoms with Gasteiger partial charge in [0.2, 0.25) is 0 Å². The second-order valence-corrected chi connectivity index (χ2v) is 3.28. The van der Waals surface area contributed by atoms with Crippen molar-refractivity contribution >= 4 is 0 Å². The highest BCUT2D eigenvalue weighted by molar-refractivity contribution is 4.75. The van der Waals surface area contributed by atoms with Gasteiger partial charge < -0.3 is 15.7 Å². The first kappa shape index (κ1) is 8.97. The predicted molar refractivity (Wildman–Crippen MR) is 45.6 cm³/mol. The minimum Gasteiger partial charge on any atom is -0.393 e. The summed E-state index contributed by atoms with van der Waals surface area (Å²) >= 11 is 0. The van der Waals surface area contributed by atoms with E-state index in [-0.39, 0.29) is 6.10 Å². The molecule has 66 valence electrons. The summed E-state index contributed by atoms with van der Waals surface area (Å²) in [6.07, 6.45) is 1.82. The number of nitrogens with one attached hydrogen (secondary N) is 2. The molecule has 0 aromatic heterocycles. The Morgan fingerprint density at radius 1 is 1.55 bits per heavy atom. The molecule has 1 aliphatic heterocycles. The average Bonchev–Trinajstić information content (AvgIpc) is 2.03. The molecule has 1 saturated heterocycles. The van der Waals surface area contributed by atoms with Crippen LogP contribution in [-0.2, 0) is 0 Å². The second kappa shape index (κ2) is 4.70. The van der Waals surface area contributed by atoms with E-state index in [9.17, 15) is 0 Å². The highest BCUT2D eigenvalue weighted by Crippen LogP contribution is 2.01. The van der Waals surface area contributed by atoms with E-state index in [1.165, 1.54) is 0 Å². The molecule has 0 bridgehead atoms. The van der Waals surface area contributed by atoms with E-state index in [0.29, 0.717) is 6.04 Å². The van der Waals surface area contributed by atoms with Crippen molar-refractivity contribution in [2.75, 3.05) is 19.6 Å². The van der Waals surface area contributed by atoms with Crippen LogP contribution in [0.4, 0.5) is 0 Å². The van der Waals surface area contributed by atoms with E-state index in [0.717, 1.165) is 32.5 Å². The number of rotatable bonds is 3. The van der Waals surface area contributed by atoms with Gasteiger partial charge in [-0.2, -0.15) is 0 Å². The number of aliphatic hydroxyl groups is 1. The minimum absolute atomic E-state index is 0.154. The smallest absolute Gasteiger partial charge is 0.0512 e. The molecule has 0 aromatic rings. The molecule has 3 heteroatoms. The van der Waals surface area contributed by atoms with Gasteiger partial charge in [-0.25, -0.2) is 0 Å². The highest BCUT2D eigenvalue weighted by atomic mass is 16.3. The van der Waals surface area contributed by atoms with Gasteiger partial charge in [0.25, 0.3) is 0 Å². The molecule has 1 fully saturated rings. The Morgan fingerprint density at radius 2 is 2.36 bits per heavy atom. The molecule has 2 atom stereocenters. The molecule has 0 amide bonds. The van der Waals surface area contributed by atoms with Gasteiger partial charge in [-0.05, 0) is 19.8 Å². The van der Waals surface area contributed by atoms with Gasteiger partial charge >= 0.3 is 0 Å². The Balaban J connectivity index is 2.05. The van der Waals surface area contributed by atoms with Crippen LogP contribution in [0.25, 0.3) is 0 Å². The Morgan fingerprint density at radius 3 is 2.91 bits per heavy atom. The third-order valence-electron chi connectivity index (χ3n) is 2.06. The molecule has 1 rings (SSSR count). The topological polar surface area (TPSA) is 44.3 Å². The largest absolute Gasteiger partial charge is 0.393 e. The summed E-state index contributed by atoms with van der Waals surface area (Å²) < 4.78 is 0. The molecule has 1 heterocycles. The van der Waals surface area contributed by atoms with Crippen molar-refractivity contribution in [3.63, 3.8) is 0 Å². The van der Waals surface area contributed by atoms with Crippen molar-refractivity contribution in [2.24, 2.45) is 0 Å². The van der Waals surface area contributed by atoms with Crippen molar-refractivity contribution in [2.45, 2.75) is 31.9 Å². The van der Waals surface area contributed by atoms with E-state index >= 15 is 0 Å². The van der Waals surface area contributed by atoms with Gasteiger partial charge in [0.05, 0.1) is 6.10 Å². The Labute approximate surface area is 68.2 Å². The molecule has 0 aliphatic carbocycles. The van der Waals surface area contributed by atoms with Crippen LogP contribution in [0.2, 0.25) is 0 Å². The van der Waals surface area contributed by atoms with Crippen LogP contribution in [0.15, 0.2) is 0 Å². The maximum atomic E-state index is 9.03. The molecule has 1 aliphatic rings. The zero-order valence-corrected chi connectivity index (χ0v) is 7.14. The fourth-order valence-corrected chi connectivity index (χ4v) is 1.36. The summed E-state index contributed by atoms with van der Waals surface area (Å²) in [5.74, 6) is 0. The summed E-state index contributed by atoms with van der Waals surface area (Å²) in [7, 11) is 0. The predicted octanol–water partition coefficient (Wildman–Crippen LogP) is -0.291. The summed E-state index contributed by atoms with van der Waals surface area (Å²) in [6, 6.07) is 0.568. The zero-order chi connectivity index (χ0) is 8.10. The first-order chi connectivity index (χ1) is 5.29. The van der Waals surface area contributed by atoms with Crippen LogP contribution < -0.4 is 10.6 Å². The molecule has 3 nitrogen and oxygen atoms in total. The average molecular weight is 158 g/mol. The van der Waals surface area contributed by atoms with Crippen molar-refractivity contribution < 1.29 is 5.11 Å². The van der Waals surface area contributed by atoms with Crippen LogP contribution in [0.1, 0.15) is 19.8 Å². The lowest BCUT2D eigenvalue weighted by molar-refractivity contribution is 0.174. The minimum atomic E-state index is -0.154. The van der Waals surface area contributed by atoms with Crippen LogP contribution in [0.5, 0.6) is 0 Å². The van der Waals surface area contributed by atoms with E-state index in [2.05, 4.69) is 10.6 Å². The zero-order valence-electron chi connectivity index (χ0n) is 7.14. The second-order valence-electron chi connectivity index (χ2n) is 3.28. The monoisotopic (exact) mass is 158 g/mol. The molecular formula is C8H18N2O. The third-order valence-corrected chi connectivity index (χ3v) is 2.06. The number of aliphatic hydroxyl groups excluding tert-OH is 1. The van der Waals surface area contributed by atoms with Gasteiger partial charge in [-0.1, -0.05) is 0 Å². The molecule has 0 spiro atoms. The lowest BCUT2D eigenvalue weighted by Crippen LogP contribution is -2.48.